The lowest BCUT2D eigenvalue weighted by molar-refractivity contribution is -0.191. The highest BCUT2D eigenvalue weighted by molar-refractivity contribution is 6.76. The van der Waals surface area contributed by atoms with E-state index in [1.54, 1.807) is 0 Å². The molecule has 0 aliphatic carbocycles. The van der Waals surface area contributed by atoms with Gasteiger partial charge in [0.2, 0.25) is 5.88 Å². The molecule has 0 aromatic carbocycles. The van der Waals surface area contributed by atoms with Gasteiger partial charge in [-0.05, 0) is 12.1 Å². The van der Waals surface area contributed by atoms with E-state index < -0.39 is 19.8 Å². The Kier molecular flexibility index (Phi) is 7.16. The topological polar surface area (TPSA) is 56.3 Å². The first-order chi connectivity index (χ1) is 9.10. The lowest BCUT2D eigenvalue weighted by atomic mass is 10.2. The summed E-state index contributed by atoms with van der Waals surface area (Å²) in [4.78, 5) is 20.0. The van der Waals surface area contributed by atoms with Crippen LogP contribution < -0.4 is 4.74 Å². The minimum absolute atomic E-state index is 0.0399. The van der Waals surface area contributed by atoms with Crippen molar-refractivity contribution in [2.75, 3.05) is 6.61 Å². The van der Waals surface area contributed by atoms with Gasteiger partial charge in [-0.2, -0.15) is 22.8 Å². The van der Waals surface area contributed by atoms with Crippen LogP contribution in [0.15, 0.2) is 18.3 Å². The van der Waals surface area contributed by atoms with Crippen molar-refractivity contribution in [3.8, 4) is 5.88 Å². The number of pyridine rings is 1. The molecule has 0 radical (unpaired) electrons. The largest absolute Gasteiger partial charge is 0.478 e. The molecule has 112 valence electrons. The molecular weight excluding hydrogens is 291 g/mol. The van der Waals surface area contributed by atoms with E-state index in [4.69, 9.17) is 14.3 Å². The van der Waals surface area contributed by atoms with Crippen LogP contribution in [0.1, 0.15) is 5.56 Å². The van der Waals surface area contributed by atoms with E-state index in [0.29, 0.717) is 6.61 Å². The Morgan fingerprint density at radius 3 is 2.30 bits per heavy atom. The number of ether oxygens (including phenoxy) is 1. The Morgan fingerprint density at radius 2 is 1.85 bits per heavy atom. The molecule has 20 heavy (non-hydrogen) atoms. The van der Waals surface area contributed by atoms with Gasteiger partial charge in [-0.3, -0.25) is 0 Å². The Balaban J connectivity index is 0.00000110. The van der Waals surface area contributed by atoms with Crippen LogP contribution in [0.3, 0.4) is 0 Å². The molecule has 0 spiro atoms. The van der Waals surface area contributed by atoms with Crippen molar-refractivity contribution >= 4 is 14.2 Å². The Labute approximate surface area is 116 Å². The SMILES string of the molecule is C[Si](C)(C)CCOc1cc(C(F)(F)F)ccn1.O=C=O. The second-order valence-corrected chi connectivity index (χ2v) is 10.7. The summed E-state index contributed by atoms with van der Waals surface area (Å²) in [6.45, 7) is 6.95. The molecule has 0 bridgehead atoms. The molecular formula is C12H16F3NO3Si. The third kappa shape index (κ3) is 8.44. The fraction of sp³-hybridized carbons (Fsp3) is 0.500. The van der Waals surface area contributed by atoms with Gasteiger partial charge < -0.3 is 4.74 Å². The summed E-state index contributed by atoms with van der Waals surface area (Å²) in [7, 11) is -1.24. The minimum atomic E-state index is -4.35. The molecule has 1 aromatic heterocycles. The van der Waals surface area contributed by atoms with Crippen molar-refractivity contribution in [1.82, 2.24) is 4.98 Å². The maximum absolute atomic E-state index is 12.4. The number of rotatable bonds is 4. The Hall–Kier alpha value is -1.66. The van der Waals surface area contributed by atoms with Gasteiger partial charge >= 0.3 is 12.3 Å². The average molecular weight is 307 g/mol. The van der Waals surface area contributed by atoms with Crippen molar-refractivity contribution < 1.29 is 27.5 Å². The molecule has 1 aromatic rings. The second kappa shape index (κ2) is 7.81. The lowest BCUT2D eigenvalue weighted by Crippen LogP contribution is -2.22. The zero-order valence-electron chi connectivity index (χ0n) is 11.5. The van der Waals surface area contributed by atoms with Gasteiger partial charge in [-0.15, -0.1) is 0 Å². The maximum atomic E-state index is 12.4. The van der Waals surface area contributed by atoms with Gasteiger partial charge in [-0.1, -0.05) is 19.6 Å². The van der Waals surface area contributed by atoms with E-state index in [0.717, 1.165) is 24.4 Å². The van der Waals surface area contributed by atoms with Crippen LogP contribution in [0.4, 0.5) is 13.2 Å². The molecule has 0 aliphatic rings. The molecule has 0 amide bonds. The standard InChI is InChI=1S/C11H16F3NOSi.CO2/c1-17(2,3)7-6-16-10-8-9(4-5-15-10)11(12,13)14;2-1-3/h4-5,8H,6-7H2,1-3H3;. The Bertz CT molecular complexity index is 452. The van der Waals surface area contributed by atoms with E-state index >= 15 is 0 Å². The molecule has 0 fully saturated rings. The molecule has 0 aliphatic heterocycles. The summed E-state index contributed by atoms with van der Waals surface area (Å²) >= 11 is 0. The molecule has 0 atom stereocenters. The molecule has 8 heteroatoms. The van der Waals surface area contributed by atoms with Gasteiger partial charge in [0.15, 0.2) is 0 Å². The average Bonchev–Trinajstić information content (AvgIpc) is 2.27. The highest BCUT2D eigenvalue weighted by Crippen LogP contribution is 2.30. The molecule has 0 saturated heterocycles. The maximum Gasteiger partial charge on any atom is 0.416 e. The van der Waals surface area contributed by atoms with Gasteiger partial charge in [0.1, 0.15) is 0 Å². The second-order valence-electron chi connectivity index (χ2n) is 5.12. The molecule has 0 unspecified atom stereocenters. The number of hydrogen-bond donors (Lipinski definition) is 0. The molecule has 0 saturated carbocycles. The monoisotopic (exact) mass is 307 g/mol. The van der Waals surface area contributed by atoms with E-state index in [1.165, 1.54) is 0 Å². The number of nitrogens with zero attached hydrogens (tertiary/aromatic N) is 1. The number of hydrogen-bond acceptors (Lipinski definition) is 4. The highest BCUT2D eigenvalue weighted by Gasteiger charge is 2.30. The number of alkyl halides is 3. The summed E-state index contributed by atoms with van der Waals surface area (Å²) < 4.78 is 42.4. The van der Waals surface area contributed by atoms with Gasteiger partial charge in [0.25, 0.3) is 0 Å². The fourth-order valence-corrected chi connectivity index (χ4v) is 1.84. The first-order valence-corrected chi connectivity index (χ1v) is 9.46. The van der Waals surface area contributed by atoms with E-state index in [9.17, 15) is 13.2 Å². The summed E-state index contributed by atoms with van der Waals surface area (Å²) in [6.07, 6.45) is -2.98. The van der Waals surface area contributed by atoms with Crippen LogP contribution in [0.5, 0.6) is 5.88 Å². The van der Waals surface area contributed by atoms with Gasteiger partial charge in [0, 0.05) is 20.3 Å². The summed E-state index contributed by atoms with van der Waals surface area (Å²) in [6, 6.07) is 2.76. The van der Waals surface area contributed by atoms with Crippen LogP contribution in [-0.4, -0.2) is 25.8 Å². The highest BCUT2D eigenvalue weighted by atomic mass is 28.3. The first-order valence-electron chi connectivity index (χ1n) is 5.75. The third-order valence-corrected chi connectivity index (χ3v) is 3.87. The van der Waals surface area contributed by atoms with E-state index in [2.05, 4.69) is 24.6 Å². The summed E-state index contributed by atoms with van der Waals surface area (Å²) in [5.41, 5.74) is -0.726. The van der Waals surface area contributed by atoms with E-state index in [-0.39, 0.29) is 12.0 Å². The van der Waals surface area contributed by atoms with Crippen molar-refractivity contribution in [1.29, 1.82) is 0 Å². The van der Waals surface area contributed by atoms with Crippen molar-refractivity contribution in [2.45, 2.75) is 31.9 Å². The molecule has 0 N–H and O–H groups in total. The summed E-state index contributed by atoms with van der Waals surface area (Å²) in [5, 5.41) is 0. The number of carbonyl (C=O) groups excluding carboxylic acids is 2. The zero-order valence-corrected chi connectivity index (χ0v) is 12.5. The van der Waals surface area contributed by atoms with Crippen molar-refractivity contribution in [3.05, 3.63) is 23.9 Å². The number of aromatic nitrogens is 1. The minimum Gasteiger partial charge on any atom is -0.478 e. The lowest BCUT2D eigenvalue weighted by Gasteiger charge is -2.16. The molecule has 4 nitrogen and oxygen atoms in total. The van der Waals surface area contributed by atoms with Crippen LogP contribution >= 0.6 is 0 Å². The van der Waals surface area contributed by atoms with Crippen LogP contribution in [0.2, 0.25) is 25.7 Å². The number of halogens is 3. The third-order valence-electron chi connectivity index (χ3n) is 2.16. The van der Waals surface area contributed by atoms with E-state index in [1.807, 2.05) is 0 Å². The first kappa shape index (κ1) is 18.3. The zero-order chi connectivity index (χ0) is 15.8. The normalized spacial score (nSPS) is 11.1. The quantitative estimate of drug-likeness (QED) is 0.801. The predicted octanol–water partition coefficient (Wildman–Crippen LogP) is 3.23. The Morgan fingerprint density at radius 1 is 1.30 bits per heavy atom. The van der Waals surface area contributed by atoms with Crippen LogP contribution in [0, 0.1) is 0 Å². The summed E-state index contributed by atoms with van der Waals surface area (Å²) in [5.74, 6) is 0.0399. The molecule has 1 rings (SSSR count). The van der Waals surface area contributed by atoms with Crippen LogP contribution in [-0.2, 0) is 15.8 Å². The van der Waals surface area contributed by atoms with Crippen molar-refractivity contribution in [2.24, 2.45) is 0 Å². The van der Waals surface area contributed by atoms with Gasteiger partial charge in [0.05, 0.1) is 12.2 Å². The van der Waals surface area contributed by atoms with Crippen LogP contribution in [0.25, 0.3) is 0 Å². The molecule has 1 heterocycles. The van der Waals surface area contributed by atoms with Crippen molar-refractivity contribution in [3.63, 3.8) is 0 Å². The fourth-order valence-electron chi connectivity index (χ4n) is 1.13. The van der Waals surface area contributed by atoms with Gasteiger partial charge in [-0.25, -0.2) is 4.98 Å². The smallest absolute Gasteiger partial charge is 0.416 e. The predicted molar refractivity (Wildman–Crippen MR) is 67.9 cm³/mol.